The third-order valence-corrected chi connectivity index (χ3v) is 5.24. The van der Waals surface area contributed by atoms with Crippen molar-refractivity contribution in [3.63, 3.8) is 0 Å². The lowest BCUT2D eigenvalue weighted by Gasteiger charge is -2.33. The number of aromatic amines is 1. The molecule has 0 unspecified atom stereocenters. The van der Waals surface area contributed by atoms with Crippen molar-refractivity contribution in [3.8, 4) is 0 Å². The molecule has 1 aliphatic heterocycles. The van der Waals surface area contributed by atoms with Gasteiger partial charge in [0.1, 0.15) is 5.69 Å². The average molecular weight is 338 g/mol. The number of para-hydroxylation sites is 1. The van der Waals surface area contributed by atoms with Crippen LogP contribution in [0.3, 0.4) is 0 Å². The first-order chi connectivity index (χ1) is 12.1. The summed E-state index contributed by atoms with van der Waals surface area (Å²) in [4.78, 5) is 19.9. The number of esters is 1. The minimum atomic E-state index is -0.358. The van der Waals surface area contributed by atoms with Crippen LogP contribution >= 0.6 is 0 Å². The van der Waals surface area contributed by atoms with Gasteiger partial charge in [-0.3, -0.25) is 0 Å². The minimum Gasteiger partial charge on any atom is -0.461 e. The monoisotopic (exact) mass is 338 g/mol. The van der Waals surface area contributed by atoms with Gasteiger partial charge in [-0.15, -0.1) is 0 Å². The third-order valence-electron chi connectivity index (χ3n) is 5.24. The average Bonchev–Trinajstić information content (AvgIpc) is 3.00. The maximum atomic E-state index is 12.4. The number of H-pyrrole nitrogens is 1. The zero-order valence-electron chi connectivity index (χ0n) is 14.4. The number of aromatic nitrogens is 2. The van der Waals surface area contributed by atoms with Crippen molar-refractivity contribution in [2.45, 2.75) is 26.2 Å². The molecular formula is C20H22N2O3. The molecule has 1 N–H and O–H groups in total. The molecular weight excluding hydrogens is 316 g/mol. The third kappa shape index (κ3) is 3.24. The molecule has 1 saturated heterocycles. The summed E-state index contributed by atoms with van der Waals surface area (Å²) < 4.78 is 10.9. The van der Waals surface area contributed by atoms with Crippen molar-refractivity contribution >= 4 is 27.8 Å². The highest BCUT2D eigenvalue weighted by Gasteiger charge is 2.27. The van der Waals surface area contributed by atoms with E-state index < -0.39 is 0 Å². The Balaban J connectivity index is 1.47. The van der Waals surface area contributed by atoms with Crippen LogP contribution in [0.5, 0.6) is 0 Å². The van der Waals surface area contributed by atoms with Crippen LogP contribution in [0.1, 0.15) is 36.7 Å². The number of rotatable bonds is 4. The number of nitrogens with one attached hydrogen (secondary N) is 1. The Morgan fingerprint density at radius 2 is 2.04 bits per heavy atom. The van der Waals surface area contributed by atoms with Crippen molar-refractivity contribution in [2.24, 2.45) is 5.41 Å². The van der Waals surface area contributed by atoms with E-state index in [1.165, 1.54) is 0 Å². The van der Waals surface area contributed by atoms with Crippen LogP contribution in [0.15, 0.2) is 36.5 Å². The second kappa shape index (κ2) is 6.48. The molecule has 1 fully saturated rings. The van der Waals surface area contributed by atoms with Gasteiger partial charge < -0.3 is 14.5 Å². The molecule has 0 radical (unpaired) electrons. The van der Waals surface area contributed by atoms with Gasteiger partial charge in [-0.05, 0) is 36.8 Å². The smallest absolute Gasteiger partial charge is 0.356 e. The van der Waals surface area contributed by atoms with Crippen LogP contribution in [-0.4, -0.2) is 35.8 Å². The quantitative estimate of drug-likeness (QED) is 0.728. The molecule has 0 saturated carbocycles. The molecule has 0 atom stereocenters. The number of benzene rings is 1. The first kappa shape index (κ1) is 16.1. The molecule has 4 rings (SSSR count). The number of nitrogens with zero attached hydrogens (tertiary/aromatic N) is 1. The predicted octanol–water partition coefficient (Wildman–Crippen LogP) is 4.08. The normalized spacial score (nSPS) is 17.0. The second-order valence-electron chi connectivity index (χ2n) is 7.09. The largest absolute Gasteiger partial charge is 0.461 e. The Bertz CT molecular complexity index is 910. The van der Waals surface area contributed by atoms with Gasteiger partial charge in [0.25, 0.3) is 0 Å². The van der Waals surface area contributed by atoms with Gasteiger partial charge in [0.05, 0.1) is 18.3 Å². The highest BCUT2D eigenvalue weighted by Crippen LogP contribution is 2.33. The van der Waals surface area contributed by atoms with E-state index in [0.29, 0.717) is 12.3 Å². The van der Waals surface area contributed by atoms with Gasteiger partial charge in [0.15, 0.2) is 0 Å². The van der Waals surface area contributed by atoms with E-state index in [9.17, 15) is 4.79 Å². The lowest BCUT2D eigenvalue weighted by atomic mass is 9.80. The first-order valence-electron chi connectivity index (χ1n) is 8.76. The van der Waals surface area contributed by atoms with Gasteiger partial charge in [-0.25, -0.2) is 9.78 Å². The standard InChI is InChI=1S/C20H22N2O3/c1-20(6-9-24-10-7-20)8-11-25-19(23)17-12-15-14-4-2-3-5-16(14)22-18(15)13-21-17/h2-5,12-13,22H,6-11H2,1H3. The van der Waals surface area contributed by atoms with E-state index in [4.69, 9.17) is 9.47 Å². The Hall–Kier alpha value is -2.40. The van der Waals surface area contributed by atoms with Crippen molar-refractivity contribution in [3.05, 3.63) is 42.2 Å². The zero-order valence-corrected chi connectivity index (χ0v) is 14.4. The van der Waals surface area contributed by atoms with Crippen LogP contribution in [-0.2, 0) is 9.47 Å². The minimum absolute atomic E-state index is 0.201. The zero-order chi connectivity index (χ0) is 17.3. The summed E-state index contributed by atoms with van der Waals surface area (Å²) in [5, 5.41) is 2.08. The van der Waals surface area contributed by atoms with Gasteiger partial charge in [0.2, 0.25) is 0 Å². The van der Waals surface area contributed by atoms with Gasteiger partial charge in [-0.1, -0.05) is 25.1 Å². The summed E-state index contributed by atoms with van der Waals surface area (Å²) in [6, 6.07) is 9.84. The van der Waals surface area contributed by atoms with E-state index in [2.05, 4.69) is 16.9 Å². The summed E-state index contributed by atoms with van der Waals surface area (Å²) in [5.74, 6) is -0.358. The molecule has 130 valence electrons. The van der Waals surface area contributed by atoms with Crippen molar-refractivity contribution in [2.75, 3.05) is 19.8 Å². The number of fused-ring (bicyclic) bond motifs is 3. The fraction of sp³-hybridized carbons (Fsp3) is 0.400. The highest BCUT2D eigenvalue weighted by molar-refractivity contribution is 6.08. The summed E-state index contributed by atoms with van der Waals surface area (Å²) in [5.41, 5.74) is 2.52. The summed E-state index contributed by atoms with van der Waals surface area (Å²) >= 11 is 0. The summed E-state index contributed by atoms with van der Waals surface area (Å²) in [6.07, 6.45) is 4.59. The van der Waals surface area contributed by atoms with E-state index in [0.717, 1.165) is 54.3 Å². The first-order valence-corrected chi connectivity index (χ1v) is 8.76. The van der Waals surface area contributed by atoms with Crippen molar-refractivity contribution in [1.82, 2.24) is 9.97 Å². The lowest BCUT2D eigenvalue weighted by molar-refractivity contribution is 0.00462. The molecule has 5 nitrogen and oxygen atoms in total. The van der Waals surface area contributed by atoms with Gasteiger partial charge in [-0.2, -0.15) is 0 Å². The van der Waals surface area contributed by atoms with Crippen LogP contribution in [0.4, 0.5) is 0 Å². The number of pyridine rings is 1. The van der Waals surface area contributed by atoms with Crippen molar-refractivity contribution in [1.29, 1.82) is 0 Å². The SMILES string of the molecule is CC1(CCOC(=O)c2cc3c(cn2)[nH]c2ccccc23)CCOCC1. The molecule has 25 heavy (non-hydrogen) atoms. The van der Waals surface area contributed by atoms with Gasteiger partial charge in [0, 0.05) is 29.5 Å². The topological polar surface area (TPSA) is 64.2 Å². The Kier molecular flexibility index (Phi) is 4.17. The van der Waals surface area contributed by atoms with Crippen molar-refractivity contribution < 1.29 is 14.3 Å². The fourth-order valence-electron chi connectivity index (χ4n) is 3.44. The number of carbonyl (C=O) groups is 1. The number of hydrogen-bond donors (Lipinski definition) is 1. The summed E-state index contributed by atoms with van der Waals surface area (Å²) in [6.45, 7) is 4.25. The Labute approximate surface area is 146 Å². The van der Waals surface area contributed by atoms with E-state index in [-0.39, 0.29) is 11.4 Å². The molecule has 0 bridgehead atoms. The molecule has 3 aromatic rings. The Morgan fingerprint density at radius 3 is 2.88 bits per heavy atom. The van der Waals surface area contributed by atoms with Crippen LogP contribution in [0.25, 0.3) is 21.8 Å². The molecule has 0 spiro atoms. The molecule has 5 heteroatoms. The fourth-order valence-corrected chi connectivity index (χ4v) is 3.44. The Morgan fingerprint density at radius 1 is 1.24 bits per heavy atom. The maximum Gasteiger partial charge on any atom is 0.356 e. The molecule has 0 aliphatic carbocycles. The predicted molar refractivity (Wildman–Crippen MR) is 96.7 cm³/mol. The number of ether oxygens (including phenoxy) is 2. The molecule has 0 amide bonds. The van der Waals surface area contributed by atoms with E-state index in [1.807, 2.05) is 30.3 Å². The number of carbonyl (C=O) groups excluding carboxylic acids is 1. The number of hydrogen-bond acceptors (Lipinski definition) is 4. The maximum absolute atomic E-state index is 12.4. The molecule has 3 heterocycles. The molecule has 1 aromatic carbocycles. The van der Waals surface area contributed by atoms with Crippen LogP contribution < -0.4 is 0 Å². The molecule has 1 aliphatic rings. The van der Waals surface area contributed by atoms with E-state index in [1.54, 1.807) is 6.20 Å². The van der Waals surface area contributed by atoms with Gasteiger partial charge >= 0.3 is 5.97 Å². The van der Waals surface area contributed by atoms with Crippen LogP contribution in [0.2, 0.25) is 0 Å². The lowest BCUT2D eigenvalue weighted by Crippen LogP contribution is -2.28. The van der Waals surface area contributed by atoms with E-state index >= 15 is 0 Å². The highest BCUT2D eigenvalue weighted by atomic mass is 16.5. The second-order valence-corrected chi connectivity index (χ2v) is 7.09. The van der Waals surface area contributed by atoms with Crippen LogP contribution in [0, 0.1) is 5.41 Å². The molecule has 2 aromatic heterocycles. The summed E-state index contributed by atoms with van der Waals surface area (Å²) in [7, 11) is 0.